The van der Waals surface area contributed by atoms with Crippen LogP contribution < -0.4 is 0 Å². The van der Waals surface area contributed by atoms with Crippen molar-refractivity contribution in [1.29, 1.82) is 0 Å². The third kappa shape index (κ3) is 0.934. The molecule has 12 heavy (non-hydrogen) atoms. The number of aromatic nitrogens is 2. The summed E-state index contributed by atoms with van der Waals surface area (Å²) < 4.78 is 0. The van der Waals surface area contributed by atoms with Crippen LogP contribution in [0.4, 0.5) is 0 Å². The molecule has 0 amide bonds. The maximum absolute atomic E-state index is 9.31. The van der Waals surface area contributed by atoms with Crippen molar-refractivity contribution in [3.63, 3.8) is 0 Å². The van der Waals surface area contributed by atoms with Crippen molar-refractivity contribution in [2.24, 2.45) is 0 Å². The van der Waals surface area contributed by atoms with E-state index < -0.39 is 0 Å². The molecule has 60 valence electrons. The highest BCUT2D eigenvalue weighted by Gasteiger charge is 2.02. The standard InChI is InChI=1S/C8H6N2O2/c11-6-4-7(12)10-8-5(6)2-1-3-9-8/h1-4H,(H2,9,10,11,12). The van der Waals surface area contributed by atoms with Crippen LogP contribution in [0.25, 0.3) is 11.0 Å². The Morgan fingerprint density at radius 3 is 2.92 bits per heavy atom. The predicted molar refractivity (Wildman–Crippen MR) is 42.9 cm³/mol. The Labute approximate surface area is 68.1 Å². The molecule has 4 heteroatoms. The first kappa shape index (κ1) is 6.84. The molecule has 2 rings (SSSR count). The Morgan fingerprint density at radius 1 is 1.25 bits per heavy atom. The summed E-state index contributed by atoms with van der Waals surface area (Å²) in [5, 5.41) is 18.8. The van der Waals surface area contributed by atoms with Gasteiger partial charge in [-0.1, -0.05) is 0 Å². The molecule has 0 aliphatic carbocycles. The van der Waals surface area contributed by atoms with Gasteiger partial charge in [0.1, 0.15) is 5.75 Å². The van der Waals surface area contributed by atoms with Gasteiger partial charge in [-0.3, -0.25) is 0 Å². The Bertz CT molecular complexity index is 428. The number of nitrogens with zero attached hydrogens (tertiary/aromatic N) is 2. The van der Waals surface area contributed by atoms with E-state index in [1.165, 1.54) is 6.07 Å². The maximum atomic E-state index is 9.31. The third-order valence-corrected chi connectivity index (χ3v) is 1.55. The summed E-state index contributed by atoms with van der Waals surface area (Å²) in [6.45, 7) is 0. The highest BCUT2D eigenvalue weighted by Crippen LogP contribution is 2.24. The second-order valence-corrected chi connectivity index (χ2v) is 2.37. The molecule has 0 unspecified atom stereocenters. The van der Waals surface area contributed by atoms with Gasteiger partial charge < -0.3 is 10.2 Å². The summed E-state index contributed by atoms with van der Waals surface area (Å²) in [7, 11) is 0. The molecule has 2 aromatic heterocycles. The lowest BCUT2D eigenvalue weighted by atomic mass is 10.3. The van der Waals surface area contributed by atoms with Gasteiger partial charge in [0, 0.05) is 12.3 Å². The van der Waals surface area contributed by atoms with E-state index in [4.69, 9.17) is 5.11 Å². The molecule has 0 aromatic carbocycles. The normalized spacial score (nSPS) is 10.3. The minimum Gasteiger partial charge on any atom is -0.507 e. The van der Waals surface area contributed by atoms with Crippen molar-refractivity contribution in [2.75, 3.05) is 0 Å². The van der Waals surface area contributed by atoms with Crippen molar-refractivity contribution < 1.29 is 10.2 Å². The predicted octanol–water partition coefficient (Wildman–Crippen LogP) is 1.04. The largest absolute Gasteiger partial charge is 0.507 e. The van der Waals surface area contributed by atoms with Crippen molar-refractivity contribution in [2.45, 2.75) is 0 Å². The SMILES string of the molecule is Oc1cc(O)c2cccnc2n1. The van der Waals surface area contributed by atoms with Gasteiger partial charge in [-0.05, 0) is 12.1 Å². The molecule has 0 saturated heterocycles. The lowest BCUT2D eigenvalue weighted by Crippen LogP contribution is -1.82. The van der Waals surface area contributed by atoms with Crippen LogP contribution in [0.15, 0.2) is 24.4 Å². The van der Waals surface area contributed by atoms with Crippen LogP contribution in [-0.2, 0) is 0 Å². The van der Waals surface area contributed by atoms with Gasteiger partial charge in [0.2, 0.25) is 5.88 Å². The van der Waals surface area contributed by atoms with E-state index in [2.05, 4.69) is 9.97 Å². The minimum atomic E-state index is -0.223. The van der Waals surface area contributed by atoms with E-state index in [-0.39, 0.29) is 11.6 Å². The van der Waals surface area contributed by atoms with Crippen LogP contribution in [-0.4, -0.2) is 20.2 Å². The van der Waals surface area contributed by atoms with Gasteiger partial charge in [-0.25, -0.2) is 4.98 Å². The monoisotopic (exact) mass is 162 g/mol. The Hall–Kier alpha value is -1.84. The Morgan fingerprint density at radius 2 is 2.08 bits per heavy atom. The van der Waals surface area contributed by atoms with Crippen LogP contribution >= 0.6 is 0 Å². The van der Waals surface area contributed by atoms with E-state index >= 15 is 0 Å². The highest BCUT2D eigenvalue weighted by atomic mass is 16.3. The third-order valence-electron chi connectivity index (χ3n) is 1.55. The average molecular weight is 162 g/mol. The van der Waals surface area contributed by atoms with Gasteiger partial charge in [-0.15, -0.1) is 0 Å². The van der Waals surface area contributed by atoms with E-state index in [0.29, 0.717) is 11.0 Å². The van der Waals surface area contributed by atoms with Crippen molar-refractivity contribution in [1.82, 2.24) is 9.97 Å². The first-order valence-electron chi connectivity index (χ1n) is 3.41. The number of fused-ring (bicyclic) bond motifs is 1. The van der Waals surface area contributed by atoms with Gasteiger partial charge in [0.25, 0.3) is 0 Å². The number of aromatic hydroxyl groups is 2. The number of hydrogen-bond acceptors (Lipinski definition) is 4. The van der Waals surface area contributed by atoms with Crippen molar-refractivity contribution in [3.8, 4) is 11.6 Å². The molecule has 0 atom stereocenters. The van der Waals surface area contributed by atoms with E-state index in [0.717, 1.165) is 0 Å². The van der Waals surface area contributed by atoms with Gasteiger partial charge in [0.05, 0.1) is 5.39 Å². The second-order valence-electron chi connectivity index (χ2n) is 2.37. The van der Waals surface area contributed by atoms with E-state index in [9.17, 15) is 5.11 Å². The van der Waals surface area contributed by atoms with Gasteiger partial charge in [-0.2, -0.15) is 4.98 Å². The zero-order valence-electron chi connectivity index (χ0n) is 6.10. The van der Waals surface area contributed by atoms with Gasteiger partial charge in [0.15, 0.2) is 5.65 Å². The lowest BCUT2D eigenvalue weighted by molar-refractivity contribution is 0.440. The van der Waals surface area contributed by atoms with Crippen LogP contribution in [0.5, 0.6) is 11.6 Å². The summed E-state index contributed by atoms with van der Waals surface area (Å²) in [6.07, 6.45) is 1.55. The molecule has 0 saturated carbocycles. The quantitative estimate of drug-likeness (QED) is 0.607. The first-order valence-corrected chi connectivity index (χ1v) is 3.41. The first-order chi connectivity index (χ1) is 5.77. The Kier molecular flexibility index (Phi) is 1.33. The van der Waals surface area contributed by atoms with Gasteiger partial charge >= 0.3 is 0 Å². The number of hydrogen-bond donors (Lipinski definition) is 2. The Balaban J connectivity index is 2.89. The topological polar surface area (TPSA) is 66.2 Å². The van der Waals surface area contributed by atoms with E-state index in [1.807, 2.05) is 0 Å². The molecule has 4 nitrogen and oxygen atoms in total. The van der Waals surface area contributed by atoms with Crippen molar-refractivity contribution >= 4 is 11.0 Å². The maximum Gasteiger partial charge on any atom is 0.216 e. The lowest BCUT2D eigenvalue weighted by Gasteiger charge is -1.98. The van der Waals surface area contributed by atoms with Crippen molar-refractivity contribution in [3.05, 3.63) is 24.4 Å². The molecular formula is C8H6N2O2. The second kappa shape index (κ2) is 2.34. The zero-order valence-corrected chi connectivity index (χ0v) is 6.10. The average Bonchev–Trinajstić information content (AvgIpc) is 2.04. The summed E-state index contributed by atoms with van der Waals surface area (Å²) >= 11 is 0. The summed E-state index contributed by atoms with van der Waals surface area (Å²) in [5.74, 6) is -0.232. The molecule has 0 radical (unpaired) electrons. The minimum absolute atomic E-state index is 0.00870. The van der Waals surface area contributed by atoms with Crippen LogP contribution in [0.2, 0.25) is 0 Å². The van der Waals surface area contributed by atoms with Crippen LogP contribution in [0, 0.1) is 0 Å². The molecule has 0 aliphatic heterocycles. The molecule has 2 N–H and O–H groups in total. The molecule has 2 aromatic rings. The van der Waals surface area contributed by atoms with Crippen LogP contribution in [0.3, 0.4) is 0 Å². The fourth-order valence-corrected chi connectivity index (χ4v) is 1.03. The molecule has 2 heterocycles. The molecule has 0 bridgehead atoms. The highest BCUT2D eigenvalue weighted by molar-refractivity contribution is 5.81. The smallest absolute Gasteiger partial charge is 0.216 e. The van der Waals surface area contributed by atoms with Crippen LogP contribution in [0.1, 0.15) is 0 Å². The fraction of sp³-hybridized carbons (Fsp3) is 0. The zero-order chi connectivity index (χ0) is 8.55. The molecule has 0 spiro atoms. The number of pyridine rings is 2. The van der Waals surface area contributed by atoms with E-state index in [1.54, 1.807) is 18.3 Å². The molecule has 0 fully saturated rings. The fourth-order valence-electron chi connectivity index (χ4n) is 1.03. The summed E-state index contributed by atoms with van der Waals surface area (Å²) in [5.41, 5.74) is 0.343. The summed E-state index contributed by atoms with van der Waals surface area (Å²) in [6, 6.07) is 4.56. The number of rotatable bonds is 0. The molecule has 0 aliphatic rings. The summed E-state index contributed by atoms with van der Waals surface area (Å²) in [4.78, 5) is 7.59. The molecular weight excluding hydrogens is 156 g/mol.